The summed E-state index contributed by atoms with van der Waals surface area (Å²) in [6.45, 7) is 0. The van der Waals surface area contributed by atoms with Gasteiger partial charge in [0.15, 0.2) is 0 Å². The van der Waals surface area contributed by atoms with Crippen molar-refractivity contribution >= 4 is 19.4 Å². The fourth-order valence-corrected chi connectivity index (χ4v) is 5.16. The molecule has 0 aliphatic rings. The normalized spacial score (nSPS) is 10.6. The van der Waals surface area contributed by atoms with E-state index in [4.69, 9.17) is 37.5 Å². The van der Waals surface area contributed by atoms with Crippen LogP contribution in [0.3, 0.4) is 0 Å². The van der Waals surface area contributed by atoms with E-state index in [0.29, 0.717) is 11.5 Å². The molecule has 0 aliphatic heterocycles. The van der Waals surface area contributed by atoms with Crippen molar-refractivity contribution < 1.29 is 86.1 Å². The van der Waals surface area contributed by atoms with Gasteiger partial charge in [-0.1, -0.05) is 0 Å². The van der Waals surface area contributed by atoms with Crippen LogP contribution in [0, 0.1) is 0 Å². The SMILES string of the molecule is COc1cc(OC)c(C(=O)c2ccc(OP(=O)([O-])Oc3ccc(C(=O)c4c(OC)cc(OC)cc4OC)cc3)cc2)c(OC)c1.[Na+]. The van der Waals surface area contributed by atoms with Crippen LogP contribution in [0.5, 0.6) is 46.0 Å². The minimum absolute atomic E-state index is 0. The average Bonchev–Trinajstić information content (AvgIpc) is 3.06. The molecule has 4 aromatic carbocycles. The summed E-state index contributed by atoms with van der Waals surface area (Å²) in [6.07, 6.45) is 0. The molecule has 46 heavy (non-hydrogen) atoms. The van der Waals surface area contributed by atoms with Gasteiger partial charge in [-0.15, -0.1) is 0 Å². The Morgan fingerprint density at radius 3 is 1.02 bits per heavy atom. The van der Waals surface area contributed by atoms with E-state index in [1.807, 2.05) is 0 Å². The predicted molar refractivity (Wildman–Crippen MR) is 161 cm³/mol. The quantitative estimate of drug-likeness (QED) is 0.111. The Morgan fingerprint density at radius 2 is 0.783 bits per heavy atom. The first-order chi connectivity index (χ1) is 21.6. The Hall–Kier alpha value is -4.19. The molecule has 14 heteroatoms. The summed E-state index contributed by atoms with van der Waals surface area (Å²) in [5.74, 6) is 0.787. The Bertz CT molecular complexity index is 1560. The number of hydrogen-bond donors (Lipinski definition) is 0. The van der Waals surface area contributed by atoms with Crippen molar-refractivity contribution in [1.29, 1.82) is 0 Å². The van der Waals surface area contributed by atoms with E-state index in [1.165, 1.54) is 91.2 Å². The Labute approximate surface area is 288 Å². The molecule has 0 aliphatic carbocycles. The van der Waals surface area contributed by atoms with Gasteiger partial charge in [0.05, 0.1) is 42.7 Å². The summed E-state index contributed by atoms with van der Waals surface area (Å²) in [6, 6.07) is 17.0. The van der Waals surface area contributed by atoms with E-state index in [0.717, 1.165) is 0 Å². The number of phosphoric ester groups is 1. The maximum atomic E-state index is 13.3. The van der Waals surface area contributed by atoms with Gasteiger partial charge in [0.25, 0.3) is 0 Å². The number of ether oxygens (including phenoxy) is 6. The third-order valence-corrected chi connectivity index (χ3v) is 7.42. The second-order valence-corrected chi connectivity index (χ2v) is 10.4. The molecule has 0 saturated heterocycles. The van der Waals surface area contributed by atoms with E-state index in [9.17, 15) is 19.0 Å². The van der Waals surface area contributed by atoms with Gasteiger partial charge in [-0.3, -0.25) is 9.59 Å². The van der Waals surface area contributed by atoms with Crippen molar-refractivity contribution in [2.75, 3.05) is 42.7 Å². The zero-order chi connectivity index (χ0) is 32.7. The number of ketones is 2. The van der Waals surface area contributed by atoms with Crippen molar-refractivity contribution in [2.24, 2.45) is 0 Å². The number of benzene rings is 4. The maximum Gasteiger partial charge on any atom is 1.00 e. The molecule has 4 aromatic rings. The molecule has 0 N–H and O–H groups in total. The van der Waals surface area contributed by atoms with Gasteiger partial charge in [0, 0.05) is 35.4 Å². The summed E-state index contributed by atoms with van der Waals surface area (Å²) >= 11 is 0. The van der Waals surface area contributed by atoms with Crippen molar-refractivity contribution in [3.05, 3.63) is 95.1 Å². The zero-order valence-corrected chi connectivity index (χ0v) is 29.2. The largest absolute Gasteiger partial charge is 1.00 e. The number of carbonyl (C=O) groups excluding carboxylic acids is 2. The van der Waals surface area contributed by atoms with E-state index < -0.39 is 19.4 Å². The molecule has 0 bridgehead atoms. The number of methoxy groups -OCH3 is 6. The predicted octanol–water partition coefficient (Wildman–Crippen LogP) is 2.13. The number of phosphoric acid groups is 1. The molecular weight excluding hydrogens is 630 g/mol. The minimum atomic E-state index is -4.93. The molecule has 0 atom stereocenters. The van der Waals surface area contributed by atoms with Gasteiger partial charge in [-0.05, 0) is 48.5 Å². The molecule has 0 heterocycles. The second kappa shape index (κ2) is 15.9. The van der Waals surface area contributed by atoms with E-state index in [-0.39, 0.29) is 86.3 Å². The summed E-state index contributed by atoms with van der Waals surface area (Å²) in [5, 5.41) is 0. The van der Waals surface area contributed by atoms with Crippen LogP contribution in [-0.4, -0.2) is 54.2 Å². The molecule has 0 fully saturated rings. The fourth-order valence-electron chi connectivity index (χ4n) is 4.36. The van der Waals surface area contributed by atoms with Crippen LogP contribution in [0.15, 0.2) is 72.8 Å². The summed E-state index contributed by atoms with van der Waals surface area (Å²) in [4.78, 5) is 39.2. The second-order valence-electron chi connectivity index (χ2n) is 9.15. The molecule has 0 radical (unpaired) electrons. The first-order valence-corrected chi connectivity index (χ1v) is 14.6. The Kier molecular flexibility index (Phi) is 12.5. The van der Waals surface area contributed by atoms with Crippen LogP contribution in [-0.2, 0) is 4.57 Å². The molecule has 0 saturated carbocycles. The molecular formula is C32H30NaO12P. The number of rotatable bonds is 14. The Balaban J connectivity index is 0.00000576. The van der Waals surface area contributed by atoms with Gasteiger partial charge in [-0.25, -0.2) is 4.57 Å². The zero-order valence-electron chi connectivity index (χ0n) is 26.3. The van der Waals surface area contributed by atoms with Crippen molar-refractivity contribution in [1.82, 2.24) is 0 Å². The maximum absolute atomic E-state index is 13.3. The number of hydrogen-bond acceptors (Lipinski definition) is 12. The smallest absolute Gasteiger partial charge is 0.736 e. The van der Waals surface area contributed by atoms with Crippen molar-refractivity contribution in [3.8, 4) is 46.0 Å². The van der Waals surface area contributed by atoms with Crippen LogP contribution in [0.1, 0.15) is 31.8 Å². The van der Waals surface area contributed by atoms with Gasteiger partial charge in [0.2, 0.25) is 11.6 Å². The van der Waals surface area contributed by atoms with Gasteiger partial charge < -0.3 is 42.4 Å². The first kappa shape index (κ1) is 36.3. The molecule has 0 aromatic heterocycles. The molecule has 236 valence electrons. The van der Waals surface area contributed by atoms with Gasteiger partial charge >= 0.3 is 37.4 Å². The standard InChI is InChI=1S/C32H31O12P.Na/c1-37-23-15-25(39-3)29(26(16-23)40-4)31(33)19-7-11-21(12-8-19)43-45(35,36)44-22-13-9-20(10-14-22)32(34)30-27(41-5)17-24(38-2)18-28(30)42-6;/h7-18H,1-6H3,(H,35,36);/q;+1/p-1. The molecule has 0 spiro atoms. The minimum Gasteiger partial charge on any atom is -0.736 e. The van der Waals surface area contributed by atoms with Gasteiger partial charge in [-0.2, -0.15) is 0 Å². The molecule has 0 amide bonds. The van der Waals surface area contributed by atoms with Crippen LogP contribution in [0.2, 0.25) is 0 Å². The van der Waals surface area contributed by atoms with Crippen molar-refractivity contribution in [2.45, 2.75) is 0 Å². The van der Waals surface area contributed by atoms with E-state index in [2.05, 4.69) is 0 Å². The topological polar surface area (TPSA) is 148 Å². The van der Waals surface area contributed by atoms with E-state index >= 15 is 0 Å². The summed E-state index contributed by atoms with van der Waals surface area (Å²) < 4.78 is 54.7. The monoisotopic (exact) mass is 660 g/mol. The van der Waals surface area contributed by atoms with Crippen LogP contribution >= 0.6 is 7.82 Å². The fraction of sp³-hybridized carbons (Fsp3) is 0.188. The average molecular weight is 661 g/mol. The molecule has 12 nitrogen and oxygen atoms in total. The van der Waals surface area contributed by atoms with Crippen LogP contribution in [0.25, 0.3) is 0 Å². The van der Waals surface area contributed by atoms with Crippen LogP contribution < -0.4 is 71.9 Å². The number of carbonyl (C=O) groups is 2. The third kappa shape index (κ3) is 8.14. The van der Waals surface area contributed by atoms with E-state index in [1.54, 1.807) is 24.3 Å². The third-order valence-electron chi connectivity index (χ3n) is 6.55. The Morgan fingerprint density at radius 1 is 0.500 bits per heavy atom. The summed E-state index contributed by atoms with van der Waals surface area (Å²) in [5.41, 5.74) is 0.767. The summed E-state index contributed by atoms with van der Waals surface area (Å²) in [7, 11) is 3.67. The first-order valence-electron chi connectivity index (χ1n) is 13.2. The molecule has 0 unspecified atom stereocenters. The van der Waals surface area contributed by atoms with Gasteiger partial charge in [0.1, 0.15) is 57.1 Å². The molecule has 4 rings (SSSR count). The van der Waals surface area contributed by atoms with Crippen LogP contribution in [0.4, 0.5) is 0 Å². The van der Waals surface area contributed by atoms with Crippen molar-refractivity contribution in [3.63, 3.8) is 0 Å².